The first-order valence-corrected chi connectivity index (χ1v) is 4.11. The van der Waals surface area contributed by atoms with Crippen LogP contribution < -0.4 is 5.73 Å². The molecule has 0 saturated carbocycles. The maximum absolute atomic E-state index is 5.50. The van der Waals surface area contributed by atoms with Gasteiger partial charge in [-0.2, -0.15) is 0 Å². The molecule has 0 bridgehead atoms. The number of hydrogen-bond donors (Lipinski definition) is 1. The van der Waals surface area contributed by atoms with Crippen molar-refractivity contribution in [1.82, 2.24) is 0 Å². The van der Waals surface area contributed by atoms with Crippen LogP contribution in [0.1, 0.15) is 12.5 Å². The molecule has 0 aromatic heterocycles. The van der Waals surface area contributed by atoms with E-state index in [1.54, 1.807) is 14.0 Å². The van der Waals surface area contributed by atoms with E-state index in [-0.39, 0.29) is 0 Å². The van der Waals surface area contributed by atoms with Gasteiger partial charge < -0.3 is 10.5 Å². The lowest BCUT2D eigenvalue weighted by Gasteiger charge is -2.03. The zero-order valence-electron chi connectivity index (χ0n) is 7.95. The fourth-order valence-corrected chi connectivity index (χ4v) is 1.09. The molecular formula is C10H14N2O. The van der Waals surface area contributed by atoms with Crippen LogP contribution in [0, 0.1) is 0 Å². The van der Waals surface area contributed by atoms with Crippen molar-refractivity contribution in [2.24, 2.45) is 10.7 Å². The van der Waals surface area contributed by atoms with E-state index >= 15 is 0 Å². The van der Waals surface area contributed by atoms with Gasteiger partial charge in [0.1, 0.15) is 0 Å². The van der Waals surface area contributed by atoms with Crippen LogP contribution in [0.4, 0.5) is 5.69 Å². The van der Waals surface area contributed by atoms with E-state index in [0.717, 1.165) is 11.3 Å². The topological polar surface area (TPSA) is 47.6 Å². The Kier molecular flexibility index (Phi) is 3.46. The van der Waals surface area contributed by atoms with Crippen LogP contribution in [0.3, 0.4) is 0 Å². The van der Waals surface area contributed by atoms with E-state index < -0.39 is 0 Å². The van der Waals surface area contributed by atoms with Gasteiger partial charge in [0.2, 0.25) is 0 Å². The third-order valence-electron chi connectivity index (χ3n) is 1.59. The van der Waals surface area contributed by atoms with Gasteiger partial charge in [-0.1, -0.05) is 18.2 Å². The molecule has 0 aliphatic carbocycles. The normalized spacial score (nSPS) is 11.7. The molecule has 0 aliphatic heterocycles. The zero-order valence-corrected chi connectivity index (χ0v) is 7.95. The van der Waals surface area contributed by atoms with Crippen molar-refractivity contribution in [2.75, 3.05) is 7.11 Å². The van der Waals surface area contributed by atoms with Crippen molar-refractivity contribution >= 4 is 11.5 Å². The summed E-state index contributed by atoms with van der Waals surface area (Å²) in [5.41, 5.74) is 7.43. The second kappa shape index (κ2) is 4.62. The van der Waals surface area contributed by atoms with Crippen molar-refractivity contribution in [1.29, 1.82) is 0 Å². The van der Waals surface area contributed by atoms with Crippen LogP contribution in [0.2, 0.25) is 0 Å². The van der Waals surface area contributed by atoms with Crippen molar-refractivity contribution in [3.63, 3.8) is 0 Å². The lowest BCUT2D eigenvalue weighted by Crippen LogP contribution is -2.04. The van der Waals surface area contributed by atoms with E-state index in [1.807, 2.05) is 24.3 Å². The quantitative estimate of drug-likeness (QED) is 0.567. The molecule has 1 aromatic rings. The molecule has 0 saturated heterocycles. The van der Waals surface area contributed by atoms with Crippen LogP contribution in [0.15, 0.2) is 29.3 Å². The number of nitrogens with two attached hydrogens (primary N) is 1. The third kappa shape index (κ3) is 2.87. The van der Waals surface area contributed by atoms with Gasteiger partial charge in [-0.15, -0.1) is 0 Å². The lowest BCUT2D eigenvalue weighted by molar-refractivity contribution is 0.185. The molecule has 1 rings (SSSR count). The number of hydrogen-bond acceptors (Lipinski definition) is 2. The van der Waals surface area contributed by atoms with Gasteiger partial charge in [0.15, 0.2) is 0 Å². The van der Waals surface area contributed by atoms with E-state index in [2.05, 4.69) is 4.99 Å². The third-order valence-corrected chi connectivity index (χ3v) is 1.59. The zero-order chi connectivity index (χ0) is 9.68. The Morgan fingerprint density at radius 1 is 1.46 bits per heavy atom. The minimum Gasteiger partial charge on any atom is -0.387 e. The summed E-state index contributed by atoms with van der Waals surface area (Å²) in [6.45, 7) is 2.33. The van der Waals surface area contributed by atoms with Crippen molar-refractivity contribution in [3.05, 3.63) is 29.8 Å². The summed E-state index contributed by atoms with van der Waals surface area (Å²) in [5.74, 6) is 0.559. The van der Waals surface area contributed by atoms with Crippen LogP contribution in [0.25, 0.3) is 0 Å². The molecule has 3 heteroatoms. The number of benzene rings is 1. The van der Waals surface area contributed by atoms with Crippen molar-refractivity contribution < 1.29 is 4.74 Å². The number of rotatable bonds is 3. The molecule has 0 spiro atoms. The molecule has 2 N–H and O–H groups in total. The molecule has 3 nitrogen and oxygen atoms in total. The number of nitrogens with zero attached hydrogens (tertiary/aromatic N) is 1. The molecule has 0 atom stereocenters. The van der Waals surface area contributed by atoms with Crippen LogP contribution in [-0.2, 0) is 11.3 Å². The van der Waals surface area contributed by atoms with Crippen LogP contribution >= 0.6 is 0 Å². The van der Waals surface area contributed by atoms with E-state index in [1.165, 1.54) is 0 Å². The Morgan fingerprint density at radius 2 is 2.15 bits per heavy atom. The van der Waals surface area contributed by atoms with Gasteiger partial charge in [-0.25, -0.2) is 4.99 Å². The second-order valence-electron chi connectivity index (χ2n) is 2.81. The number of amidine groups is 1. The summed E-state index contributed by atoms with van der Waals surface area (Å²) in [4.78, 5) is 4.19. The smallest absolute Gasteiger partial charge is 0.0965 e. The largest absolute Gasteiger partial charge is 0.387 e. The first-order valence-electron chi connectivity index (χ1n) is 4.11. The Hall–Kier alpha value is -1.35. The standard InChI is InChI=1S/C10H14N2O/c1-8(11)12-10-6-4-3-5-9(10)7-13-2/h3-6H,7H2,1-2H3,(H2,11,12). The maximum Gasteiger partial charge on any atom is 0.0965 e. The molecule has 0 radical (unpaired) electrons. The predicted molar refractivity (Wildman–Crippen MR) is 54.1 cm³/mol. The summed E-state index contributed by atoms with van der Waals surface area (Å²) < 4.78 is 5.04. The van der Waals surface area contributed by atoms with Gasteiger partial charge in [-0.05, 0) is 13.0 Å². The second-order valence-corrected chi connectivity index (χ2v) is 2.81. The summed E-state index contributed by atoms with van der Waals surface area (Å²) in [6.07, 6.45) is 0. The van der Waals surface area contributed by atoms with Crippen LogP contribution in [0.5, 0.6) is 0 Å². The summed E-state index contributed by atoms with van der Waals surface area (Å²) >= 11 is 0. The number of aliphatic imine (C=N–C) groups is 1. The Balaban J connectivity index is 2.97. The van der Waals surface area contributed by atoms with Gasteiger partial charge in [0, 0.05) is 12.7 Å². The molecule has 0 unspecified atom stereocenters. The highest BCUT2D eigenvalue weighted by Gasteiger charge is 1.98. The molecule has 13 heavy (non-hydrogen) atoms. The first-order chi connectivity index (χ1) is 6.24. The first kappa shape index (κ1) is 9.74. The molecule has 1 aromatic carbocycles. The molecule has 0 fully saturated rings. The van der Waals surface area contributed by atoms with Crippen molar-refractivity contribution in [2.45, 2.75) is 13.5 Å². The molecule has 70 valence electrons. The lowest BCUT2D eigenvalue weighted by atomic mass is 10.2. The number of para-hydroxylation sites is 1. The minimum absolute atomic E-state index is 0.559. The number of ether oxygens (including phenoxy) is 1. The van der Waals surface area contributed by atoms with Gasteiger partial charge in [0.25, 0.3) is 0 Å². The fourth-order valence-electron chi connectivity index (χ4n) is 1.09. The van der Waals surface area contributed by atoms with E-state index in [4.69, 9.17) is 10.5 Å². The van der Waals surface area contributed by atoms with E-state index in [0.29, 0.717) is 12.4 Å². The molecule has 0 heterocycles. The Labute approximate surface area is 78.2 Å². The van der Waals surface area contributed by atoms with Gasteiger partial charge in [-0.3, -0.25) is 0 Å². The molecule has 0 aliphatic rings. The summed E-state index contributed by atoms with van der Waals surface area (Å²) in [5, 5.41) is 0. The van der Waals surface area contributed by atoms with E-state index in [9.17, 15) is 0 Å². The summed E-state index contributed by atoms with van der Waals surface area (Å²) in [7, 11) is 1.66. The monoisotopic (exact) mass is 178 g/mol. The SMILES string of the molecule is COCc1ccccc1N=C(C)N. The van der Waals surface area contributed by atoms with Gasteiger partial charge in [0.05, 0.1) is 18.1 Å². The average Bonchev–Trinajstić information content (AvgIpc) is 2.08. The highest BCUT2D eigenvalue weighted by atomic mass is 16.5. The minimum atomic E-state index is 0.559. The Bertz CT molecular complexity index is 304. The van der Waals surface area contributed by atoms with Gasteiger partial charge >= 0.3 is 0 Å². The molecular weight excluding hydrogens is 164 g/mol. The number of methoxy groups -OCH3 is 1. The summed E-state index contributed by atoms with van der Waals surface area (Å²) in [6, 6.07) is 7.79. The predicted octanol–water partition coefficient (Wildman–Crippen LogP) is 1.84. The highest BCUT2D eigenvalue weighted by Crippen LogP contribution is 2.18. The average molecular weight is 178 g/mol. The fraction of sp³-hybridized carbons (Fsp3) is 0.300. The van der Waals surface area contributed by atoms with Crippen molar-refractivity contribution in [3.8, 4) is 0 Å². The Morgan fingerprint density at radius 3 is 2.77 bits per heavy atom. The molecule has 0 amide bonds. The maximum atomic E-state index is 5.50. The van der Waals surface area contributed by atoms with Crippen LogP contribution in [-0.4, -0.2) is 12.9 Å². The highest BCUT2D eigenvalue weighted by molar-refractivity contribution is 5.81.